The van der Waals surface area contributed by atoms with Crippen molar-refractivity contribution in [2.45, 2.75) is 34.6 Å². The van der Waals surface area contributed by atoms with Crippen LogP contribution in [0.4, 0.5) is 5.69 Å². The van der Waals surface area contributed by atoms with E-state index in [0.29, 0.717) is 5.92 Å². The van der Waals surface area contributed by atoms with Gasteiger partial charge in [0, 0.05) is 38.1 Å². The molecule has 0 bridgehead atoms. The van der Waals surface area contributed by atoms with Crippen molar-refractivity contribution in [3.63, 3.8) is 0 Å². The highest BCUT2D eigenvalue weighted by Crippen LogP contribution is 2.26. The van der Waals surface area contributed by atoms with Crippen LogP contribution in [0.3, 0.4) is 0 Å². The van der Waals surface area contributed by atoms with Gasteiger partial charge in [0.05, 0.1) is 6.20 Å². The Bertz CT molecular complexity index is 555. The summed E-state index contributed by atoms with van der Waals surface area (Å²) in [6.07, 6.45) is 3.96. The molecule has 2 aromatic rings. The summed E-state index contributed by atoms with van der Waals surface area (Å²) in [6.45, 7) is 11.7. The second kappa shape index (κ2) is 7.87. The van der Waals surface area contributed by atoms with Gasteiger partial charge in [0.1, 0.15) is 0 Å². The van der Waals surface area contributed by atoms with Gasteiger partial charge in [-0.2, -0.15) is 5.10 Å². The van der Waals surface area contributed by atoms with Crippen LogP contribution in [0.25, 0.3) is 11.1 Å². The fourth-order valence-electron chi connectivity index (χ4n) is 2.48. The molecule has 0 saturated heterocycles. The smallest absolute Gasteiger partial charge is 0.0568 e. The fourth-order valence-corrected chi connectivity index (χ4v) is 2.48. The van der Waals surface area contributed by atoms with E-state index in [1.165, 1.54) is 22.4 Å². The Labute approximate surface area is 129 Å². The quantitative estimate of drug-likeness (QED) is 0.824. The SMILES string of the molecule is CC.Cc1cc(-c2cnn(C)c2)ccc1N(C)CC(C)C. The average Bonchev–Trinajstić information content (AvgIpc) is 2.86. The van der Waals surface area contributed by atoms with Gasteiger partial charge in [-0.25, -0.2) is 0 Å². The predicted octanol–water partition coefficient (Wildman–Crippen LogP) is 4.51. The van der Waals surface area contributed by atoms with Crippen LogP contribution < -0.4 is 4.90 Å². The van der Waals surface area contributed by atoms with E-state index < -0.39 is 0 Å². The summed E-state index contributed by atoms with van der Waals surface area (Å²) in [5.41, 5.74) is 5.02. The van der Waals surface area contributed by atoms with Crippen molar-refractivity contribution in [3.8, 4) is 11.1 Å². The minimum Gasteiger partial charge on any atom is -0.374 e. The zero-order valence-electron chi connectivity index (χ0n) is 14.5. The van der Waals surface area contributed by atoms with E-state index in [2.05, 4.69) is 56.0 Å². The van der Waals surface area contributed by atoms with Crippen LogP contribution in [-0.4, -0.2) is 23.4 Å². The highest BCUT2D eigenvalue weighted by Gasteiger charge is 2.08. The first kappa shape index (κ1) is 17.3. The lowest BCUT2D eigenvalue weighted by atomic mass is 10.0. The Kier molecular flexibility index (Phi) is 6.47. The van der Waals surface area contributed by atoms with E-state index in [0.717, 1.165) is 6.54 Å². The molecule has 116 valence electrons. The van der Waals surface area contributed by atoms with Crippen LogP contribution >= 0.6 is 0 Å². The Morgan fingerprint density at radius 3 is 2.33 bits per heavy atom. The number of hydrogen-bond acceptors (Lipinski definition) is 2. The van der Waals surface area contributed by atoms with Crippen LogP contribution in [-0.2, 0) is 7.05 Å². The van der Waals surface area contributed by atoms with E-state index in [-0.39, 0.29) is 0 Å². The van der Waals surface area contributed by atoms with E-state index in [4.69, 9.17) is 0 Å². The molecule has 1 aromatic carbocycles. The molecule has 2 rings (SSSR count). The Morgan fingerprint density at radius 1 is 1.19 bits per heavy atom. The van der Waals surface area contributed by atoms with Crippen molar-refractivity contribution in [1.82, 2.24) is 9.78 Å². The van der Waals surface area contributed by atoms with Gasteiger partial charge in [-0.05, 0) is 36.1 Å². The summed E-state index contributed by atoms with van der Waals surface area (Å²) in [4.78, 5) is 2.33. The molecule has 0 saturated carbocycles. The summed E-state index contributed by atoms with van der Waals surface area (Å²) in [6, 6.07) is 6.62. The summed E-state index contributed by atoms with van der Waals surface area (Å²) < 4.78 is 1.84. The maximum absolute atomic E-state index is 4.23. The number of benzene rings is 1. The van der Waals surface area contributed by atoms with Gasteiger partial charge in [0.25, 0.3) is 0 Å². The molecule has 3 nitrogen and oxygen atoms in total. The molecule has 0 radical (unpaired) electrons. The van der Waals surface area contributed by atoms with Crippen LogP contribution in [0.5, 0.6) is 0 Å². The third-order valence-corrected chi connectivity index (χ3v) is 3.29. The van der Waals surface area contributed by atoms with Crippen LogP contribution in [0.2, 0.25) is 0 Å². The molecular formula is C18H29N3. The molecule has 0 atom stereocenters. The number of rotatable bonds is 4. The highest BCUT2D eigenvalue weighted by molar-refractivity contribution is 5.67. The van der Waals surface area contributed by atoms with Crippen molar-refractivity contribution in [3.05, 3.63) is 36.2 Å². The zero-order valence-corrected chi connectivity index (χ0v) is 14.5. The highest BCUT2D eigenvalue weighted by atomic mass is 15.2. The van der Waals surface area contributed by atoms with Gasteiger partial charge in [-0.3, -0.25) is 4.68 Å². The molecule has 0 amide bonds. The minimum absolute atomic E-state index is 0.669. The lowest BCUT2D eigenvalue weighted by molar-refractivity contribution is 0.638. The molecule has 0 aliphatic rings. The van der Waals surface area contributed by atoms with Gasteiger partial charge in [0.15, 0.2) is 0 Å². The second-order valence-electron chi connectivity index (χ2n) is 5.68. The van der Waals surface area contributed by atoms with Crippen LogP contribution in [0, 0.1) is 12.8 Å². The first-order valence-corrected chi connectivity index (χ1v) is 7.78. The van der Waals surface area contributed by atoms with Crippen molar-refractivity contribution < 1.29 is 0 Å². The molecule has 0 unspecified atom stereocenters. The minimum atomic E-state index is 0.669. The lowest BCUT2D eigenvalue weighted by Gasteiger charge is -2.23. The van der Waals surface area contributed by atoms with Crippen LogP contribution in [0.15, 0.2) is 30.6 Å². The molecular weight excluding hydrogens is 258 g/mol. The molecule has 1 aromatic heterocycles. The normalized spacial score (nSPS) is 10.3. The largest absolute Gasteiger partial charge is 0.374 e. The average molecular weight is 287 g/mol. The topological polar surface area (TPSA) is 21.1 Å². The number of nitrogens with zero attached hydrogens (tertiary/aromatic N) is 3. The third-order valence-electron chi connectivity index (χ3n) is 3.29. The van der Waals surface area contributed by atoms with E-state index >= 15 is 0 Å². The van der Waals surface area contributed by atoms with Gasteiger partial charge < -0.3 is 4.90 Å². The molecule has 0 spiro atoms. The molecule has 0 N–H and O–H groups in total. The summed E-state index contributed by atoms with van der Waals surface area (Å²) >= 11 is 0. The van der Waals surface area contributed by atoms with E-state index in [1.807, 2.05) is 38.0 Å². The van der Waals surface area contributed by atoms with Crippen LogP contribution in [0.1, 0.15) is 33.3 Å². The Hall–Kier alpha value is -1.77. The Balaban J connectivity index is 0.00000106. The standard InChI is InChI=1S/C16H23N3.C2H6/c1-12(2)10-18(4)16-7-6-14(8-13(16)3)15-9-17-19(5)11-15;1-2/h6-9,11-12H,10H2,1-5H3;1-2H3. The maximum atomic E-state index is 4.23. The first-order chi connectivity index (χ1) is 9.97. The summed E-state index contributed by atoms with van der Waals surface area (Å²) in [5, 5.41) is 4.23. The lowest BCUT2D eigenvalue weighted by Crippen LogP contribution is -2.23. The second-order valence-corrected chi connectivity index (χ2v) is 5.68. The third kappa shape index (κ3) is 4.62. The van der Waals surface area contributed by atoms with E-state index in [1.54, 1.807) is 0 Å². The first-order valence-electron chi connectivity index (χ1n) is 7.78. The maximum Gasteiger partial charge on any atom is 0.0568 e. The predicted molar refractivity (Wildman–Crippen MR) is 92.8 cm³/mol. The summed E-state index contributed by atoms with van der Waals surface area (Å²) in [5.74, 6) is 0.669. The number of anilines is 1. The molecule has 0 aliphatic carbocycles. The van der Waals surface area contributed by atoms with Gasteiger partial charge in [-0.1, -0.05) is 33.8 Å². The molecule has 0 aliphatic heterocycles. The van der Waals surface area contributed by atoms with Crippen molar-refractivity contribution in [2.24, 2.45) is 13.0 Å². The zero-order chi connectivity index (χ0) is 16.0. The van der Waals surface area contributed by atoms with Gasteiger partial charge in [-0.15, -0.1) is 0 Å². The molecule has 0 fully saturated rings. The fraction of sp³-hybridized carbons (Fsp3) is 0.500. The molecule has 3 heteroatoms. The number of hydrogen-bond donors (Lipinski definition) is 0. The van der Waals surface area contributed by atoms with E-state index in [9.17, 15) is 0 Å². The van der Waals surface area contributed by atoms with Crippen molar-refractivity contribution in [2.75, 3.05) is 18.5 Å². The Morgan fingerprint density at radius 2 is 1.86 bits per heavy atom. The van der Waals surface area contributed by atoms with Crippen molar-refractivity contribution >= 4 is 5.69 Å². The van der Waals surface area contributed by atoms with Gasteiger partial charge in [0.2, 0.25) is 0 Å². The molecule has 1 heterocycles. The number of aryl methyl sites for hydroxylation is 2. The summed E-state index contributed by atoms with van der Waals surface area (Å²) in [7, 11) is 4.10. The molecule has 21 heavy (non-hydrogen) atoms. The van der Waals surface area contributed by atoms with Crippen molar-refractivity contribution in [1.29, 1.82) is 0 Å². The number of aromatic nitrogens is 2. The monoisotopic (exact) mass is 287 g/mol. The van der Waals surface area contributed by atoms with Gasteiger partial charge >= 0.3 is 0 Å².